The van der Waals surface area contributed by atoms with Gasteiger partial charge in [-0.25, -0.2) is 4.79 Å². The van der Waals surface area contributed by atoms with Gasteiger partial charge in [-0.2, -0.15) is 0 Å². The van der Waals surface area contributed by atoms with E-state index in [0.29, 0.717) is 18.0 Å². The van der Waals surface area contributed by atoms with Gasteiger partial charge in [-0.1, -0.05) is 0 Å². The van der Waals surface area contributed by atoms with Crippen LogP contribution >= 0.6 is 0 Å². The Hall–Kier alpha value is -2.12. The number of amides is 1. The highest BCUT2D eigenvalue weighted by atomic mass is 16.5. The molecule has 1 aliphatic heterocycles. The molecule has 1 aromatic carbocycles. The van der Waals surface area contributed by atoms with E-state index in [0.717, 1.165) is 19.4 Å². The van der Waals surface area contributed by atoms with Crippen molar-refractivity contribution in [2.75, 3.05) is 25.1 Å². The molecule has 1 saturated heterocycles. The van der Waals surface area contributed by atoms with Gasteiger partial charge < -0.3 is 24.6 Å². The number of rotatable bonds is 9. The van der Waals surface area contributed by atoms with Crippen molar-refractivity contribution in [1.82, 2.24) is 0 Å². The number of benzene rings is 1. The molecule has 0 spiro atoms. The van der Waals surface area contributed by atoms with E-state index in [4.69, 9.17) is 19.3 Å². The van der Waals surface area contributed by atoms with E-state index in [1.807, 2.05) is 13.8 Å². The van der Waals surface area contributed by atoms with Crippen molar-refractivity contribution in [2.24, 2.45) is 0 Å². The second kappa shape index (κ2) is 9.39. The zero-order valence-electron chi connectivity index (χ0n) is 14.6. The number of anilines is 1. The molecule has 2 N–H and O–H groups in total. The standard InChI is InChI=1S/C18H25NO6/c1-12(2)25-16-6-5-13(18(21)22)10-15(16)19-17(20)7-9-23-11-14-4-3-8-24-14/h5-6,10,12,14H,3-4,7-9,11H2,1-2H3,(H,19,20)(H,21,22). The zero-order valence-corrected chi connectivity index (χ0v) is 14.6. The van der Waals surface area contributed by atoms with Crippen molar-refractivity contribution in [3.63, 3.8) is 0 Å². The molecule has 2 rings (SSSR count). The lowest BCUT2D eigenvalue weighted by Crippen LogP contribution is -2.19. The Morgan fingerprint density at radius 2 is 2.20 bits per heavy atom. The van der Waals surface area contributed by atoms with E-state index in [1.54, 1.807) is 6.07 Å². The fourth-order valence-electron chi connectivity index (χ4n) is 2.49. The van der Waals surface area contributed by atoms with E-state index >= 15 is 0 Å². The quantitative estimate of drug-likeness (QED) is 0.664. The molecule has 0 saturated carbocycles. The maximum absolute atomic E-state index is 12.1. The van der Waals surface area contributed by atoms with Gasteiger partial charge in [-0.05, 0) is 44.9 Å². The summed E-state index contributed by atoms with van der Waals surface area (Å²) in [6.07, 6.45) is 2.24. The average molecular weight is 351 g/mol. The predicted octanol–water partition coefficient (Wildman–Crippen LogP) is 2.70. The van der Waals surface area contributed by atoms with Crippen molar-refractivity contribution >= 4 is 17.6 Å². The smallest absolute Gasteiger partial charge is 0.335 e. The van der Waals surface area contributed by atoms with Gasteiger partial charge in [0.05, 0.1) is 43.1 Å². The van der Waals surface area contributed by atoms with Crippen LogP contribution in [0.1, 0.15) is 43.5 Å². The Morgan fingerprint density at radius 1 is 1.40 bits per heavy atom. The average Bonchev–Trinajstić information content (AvgIpc) is 3.06. The van der Waals surface area contributed by atoms with E-state index < -0.39 is 5.97 Å². The number of carboxylic acids is 1. The van der Waals surface area contributed by atoms with Gasteiger partial charge in [-0.3, -0.25) is 4.79 Å². The number of aromatic carboxylic acids is 1. The van der Waals surface area contributed by atoms with Crippen LogP contribution < -0.4 is 10.1 Å². The molecule has 1 amide bonds. The van der Waals surface area contributed by atoms with Gasteiger partial charge in [0.2, 0.25) is 5.91 Å². The molecular formula is C18H25NO6. The van der Waals surface area contributed by atoms with Crippen molar-refractivity contribution < 1.29 is 28.9 Å². The molecule has 1 aliphatic rings. The largest absolute Gasteiger partial charge is 0.489 e. The minimum absolute atomic E-state index is 0.0843. The number of hydrogen-bond acceptors (Lipinski definition) is 5. The normalized spacial score (nSPS) is 16.8. The summed E-state index contributed by atoms with van der Waals surface area (Å²) in [6.45, 7) is 5.26. The molecule has 1 fully saturated rings. The lowest BCUT2D eigenvalue weighted by molar-refractivity contribution is -0.117. The number of carboxylic acid groups (broad SMARTS) is 1. The Balaban J connectivity index is 1.88. The summed E-state index contributed by atoms with van der Waals surface area (Å²) in [5, 5.41) is 11.8. The van der Waals surface area contributed by atoms with Crippen molar-refractivity contribution in [3.8, 4) is 5.75 Å². The molecular weight excluding hydrogens is 326 g/mol. The molecule has 1 heterocycles. The summed E-state index contributed by atoms with van der Waals surface area (Å²) in [5.74, 6) is -0.886. The maximum atomic E-state index is 12.1. The SMILES string of the molecule is CC(C)Oc1ccc(C(=O)O)cc1NC(=O)CCOCC1CCCO1. The van der Waals surface area contributed by atoms with Crippen LogP contribution in [0, 0.1) is 0 Å². The lowest BCUT2D eigenvalue weighted by Gasteiger charge is -2.16. The van der Waals surface area contributed by atoms with Gasteiger partial charge in [0, 0.05) is 6.61 Å². The van der Waals surface area contributed by atoms with E-state index in [2.05, 4.69) is 5.32 Å². The molecule has 0 aromatic heterocycles. The molecule has 25 heavy (non-hydrogen) atoms. The van der Waals surface area contributed by atoms with Crippen LogP contribution in [0.25, 0.3) is 0 Å². The summed E-state index contributed by atoms with van der Waals surface area (Å²) in [4.78, 5) is 23.2. The molecule has 0 aliphatic carbocycles. The first-order valence-corrected chi connectivity index (χ1v) is 8.49. The third-order valence-corrected chi connectivity index (χ3v) is 3.66. The van der Waals surface area contributed by atoms with Crippen LogP contribution in [-0.2, 0) is 14.3 Å². The Bertz CT molecular complexity index is 595. The number of nitrogens with one attached hydrogen (secondary N) is 1. The lowest BCUT2D eigenvalue weighted by atomic mass is 10.2. The molecule has 7 nitrogen and oxygen atoms in total. The number of ether oxygens (including phenoxy) is 3. The molecule has 0 radical (unpaired) electrons. The summed E-state index contributed by atoms with van der Waals surface area (Å²) in [6, 6.07) is 4.39. The predicted molar refractivity (Wildman–Crippen MR) is 92.2 cm³/mol. The van der Waals surface area contributed by atoms with Crippen molar-refractivity contribution in [3.05, 3.63) is 23.8 Å². The monoisotopic (exact) mass is 351 g/mol. The molecule has 7 heteroatoms. The van der Waals surface area contributed by atoms with Crippen LogP contribution in [0.15, 0.2) is 18.2 Å². The minimum Gasteiger partial charge on any atom is -0.489 e. The van der Waals surface area contributed by atoms with E-state index in [1.165, 1.54) is 12.1 Å². The number of carbonyl (C=O) groups excluding carboxylic acids is 1. The second-order valence-electron chi connectivity index (χ2n) is 6.19. The maximum Gasteiger partial charge on any atom is 0.335 e. The summed E-state index contributed by atoms with van der Waals surface area (Å²) < 4.78 is 16.5. The van der Waals surface area contributed by atoms with Crippen LogP contribution in [-0.4, -0.2) is 49.0 Å². The molecule has 1 aromatic rings. The second-order valence-corrected chi connectivity index (χ2v) is 6.19. The molecule has 0 bridgehead atoms. The van der Waals surface area contributed by atoms with Crippen molar-refractivity contribution in [1.29, 1.82) is 0 Å². The highest BCUT2D eigenvalue weighted by molar-refractivity contribution is 5.95. The summed E-state index contributed by atoms with van der Waals surface area (Å²) in [5.41, 5.74) is 0.429. The first-order chi connectivity index (χ1) is 12.0. The van der Waals surface area contributed by atoms with E-state index in [9.17, 15) is 9.59 Å². The van der Waals surface area contributed by atoms with Gasteiger partial charge >= 0.3 is 5.97 Å². The van der Waals surface area contributed by atoms with Gasteiger partial charge in [0.15, 0.2) is 0 Å². The third kappa shape index (κ3) is 6.36. The van der Waals surface area contributed by atoms with Gasteiger partial charge in [0.25, 0.3) is 0 Å². The summed E-state index contributed by atoms with van der Waals surface area (Å²) in [7, 11) is 0. The number of hydrogen-bond donors (Lipinski definition) is 2. The summed E-state index contributed by atoms with van der Waals surface area (Å²) >= 11 is 0. The van der Waals surface area contributed by atoms with Gasteiger partial charge in [-0.15, -0.1) is 0 Å². The van der Waals surface area contributed by atoms with Crippen LogP contribution in [0.2, 0.25) is 0 Å². The van der Waals surface area contributed by atoms with Gasteiger partial charge in [0.1, 0.15) is 5.75 Å². The fraction of sp³-hybridized carbons (Fsp3) is 0.556. The molecule has 1 atom stereocenters. The fourth-order valence-corrected chi connectivity index (χ4v) is 2.49. The first-order valence-electron chi connectivity index (χ1n) is 8.49. The Labute approximate surface area is 147 Å². The first kappa shape index (κ1) is 19.2. The van der Waals surface area contributed by atoms with E-state index in [-0.39, 0.29) is 36.7 Å². The van der Waals surface area contributed by atoms with Crippen LogP contribution in [0.5, 0.6) is 5.75 Å². The third-order valence-electron chi connectivity index (χ3n) is 3.66. The Morgan fingerprint density at radius 3 is 2.84 bits per heavy atom. The van der Waals surface area contributed by atoms with Crippen LogP contribution in [0.4, 0.5) is 5.69 Å². The number of carbonyl (C=O) groups is 2. The highest BCUT2D eigenvalue weighted by Gasteiger charge is 2.16. The van der Waals surface area contributed by atoms with Crippen LogP contribution in [0.3, 0.4) is 0 Å². The molecule has 1 unspecified atom stereocenters. The zero-order chi connectivity index (χ0) is 18.2. The Kier molecular flexibility index (Phi) is 7.21. The topological polar surface area (TPSA) is 94.1 Å². The van der Waals surface area contributed by atoms with Crippen molar-refractivity contribution in [2.45, 2.75) is 45.3 Å². The highest BCUT2D eigenvalue weighted by Crippen LogP contribution is 2.27. The minimum atomic E-state index is -1.06. The molecule has 138 valence electrons.